The first kappa shape index (κ1) is 9.97. The minimum Gasteiger partial charge on any atom is -0.469 e. The molecule has 2 aliphatic rings. The Hall–Kier alpha value is -0.570. The van der Waals surface area contributed by atoms with E-state index in [2.05, 4.69) is 0 Å². The van der Waals surface area contributed by atoms with Gasteiger partial charge < -0.3 is 9.84 Å². The molecule has 2 rings (SSSR count). The number of hydrogen-bond acceptors (Lipinski definition) is 3. The van der Waals surface area contributed by atoms with Crippen LogP contribution < -0.4 is 0 Å². The number of carbonyl (C=O) groups is 1. The van der Waals surface area contributed by atoms with Gasteiger partial charge in [-0.05, 0) is 38.5 Å². The highest BCUT2D eigenvalue weighted by atomic mass is 16.5. The van der Waals surface area contributed by atoms with E-state index in [0.29, 0.717) is 0 Å². The van der Waals surface area contributed by atoms with Crippen LogP contribution in [0.2, 0.25) is 0 Å². The third kappa shape index (κ3) is 0.991. The molecule has 0 aromatic rings. The number of carbonyl (C=O) groups excluding carboxylic acids is 1. The van der Waals surface area contributed by atoms with E-state index >= 15 is 0 Å². The smallest absolute Gasteiger partial charge is 0.314 e. The summed E-state index contributed by atoms with van der Waals surface area (Å²) in [6.45, 7) is 1.81. The SMILES string of the molecule is COC(=O)[C@@]12CCC[C@H](CC1)[C@@]2(C)O. The molecule has 0 amide bonds. The van der Waals surface area contributed by atoms with E-state index in [1.165, 1.54) is 7.11 Å². The van der Waals surface area contributed by atoms with Crippen LogP contribution in [0.25, 0.3) is 0 Å². The van der Waals surface area contributed by atoms with Gasteiger partial charge in [0, 0.05) is 0 Å². The highest BCUT2D eigenvalue weighted by Crippen LogP contribution is 2.58. The van der Waals surface area contributed by atoms with Crippen molar-refractivity contribution in [3.8, 4) is 0 Å². The summed E-state index contributed by atoms with van der Waals surface area (Å²) in [4.78, 5) is 11.8. The molecule has 2 bridgehead atoms. The molecule has 2 aliphatic carbocycles. The van der Waals surface area contributed by atoms with Crippen LogP contribution in [0.3, 0.4) is 0 Å². The first-order chi connectivity index (χ1) is 6.54. The summed E-state index contributed by atoms with van der Waals surface area (Å²) in [5.41, 5.74) is -1.46. The molecule has 2 saturated carbocycles. The molecule has 0 unspecified atom stereocenters. The average molecular weight is 198 g/mol. The van der Waals surface area contributed by atoms with Gasteiger partial charge in [0.25, 0.3) is 0 Å². The lowest BCUT2D eigenvalue weighted by Crippen LogP contribution is -2.53. The lowest BCUT2D eigenvalue weighted by atomic mass is 9.65. The fourth-order valence-electron chi connectivity index (χ4n) is 3.41. The highest BCUT2D eigenvalue weighted by Gasteiger charge is 2.63. The van der Waals surface area contributed by atoms with Crippen LogP contribution in [-0.4, -0.2) is 23.8 Å². The van der Waals surface area contributed by atoms with Gasteiger partial charge in [0.15, 0.2) is 0 Å². The van der Waals surface area contributed by atoms with Crippen molar-refractivity contribution in [3.05, 3.63) is 0 Å². The maximum Gasteiger partial charge on any atom is 0.314 e. The van der Waals surface area contributed by atoms with E-state index in [4.69, 9.17) is 4.74 Å². The van der Waals surface area contributed by atoms with Crippen LogP contribution in [0.4, 0.5) is 0 Å². The first-order valence-electron chi connectivity index (χ1n) is 5.35. The van der Waals surface area contributed by atoms with E-state index in [0.717, 1.165) is 32.1 Å². The van der Waals surface area contributed by atoms with Crippen molar-refractivity contribution in [1.29, 1.82) is 0 Å². The zero-order chi connectivity index (χ0) is 10.4. The highest BCUT2D eigenvalue weighted by molar-refractivity contribution is 5.79. The van der Waals surface area contributed by atoms with E-state index in [9.17, 15) is 9.90 Å². The number of esters is 1. The number of ether oxygens (including phenoxy) is 1. The van der Waals surface area contributed by atoms with Crippen LogP contribution >= 0.6 is 0 Å². The van der Waals surface area contributed by atoms with Gasteiger partial charge >= 0.3 is 5.97 Å². The van der Waals surface area contributed by atoms with Crippen molar-refractivity contribution in [1.82, 2.24) is 0 Å². The Balaban J connectivity index is 2.37. The quantitative estimate of drug-likeness (QED) is 0.649. The Kier molecular flexibility index (Phi) is 2.11. The average Bonchev–Trinajstić information content (AvgIpc) is 2.39. The zero-order valence-electron chi connectivity index (χ0n) is 8.88. The Labute approximate surface area is 84.4 Å². The van der Waals surface area contributed by atoms with Crippen LogP contribution in [-0.2, 0) is 9.53 Å². The second kappa shape index (κ2) is 2.96. The zero-order valence-corrected chi connectivity index (χ0v) is 8.88. The van der Waals surface area contributed by atoms with Gasteiger partial charge in [0.05, 0.1) is 18.1 Å². The molecule has 14 heavy (non-hydrogen) atoms. The summed E-state index contributed by atoms with van der Waals surface area (Å²) in [5, 5.41) is 10.4. The number of rotatable bonds is 1. The van der Waals surface area contributed by atoms with E-state index < -0.39 is 11.0 Å². The molecular weight excluding hydrogens is 180 g/mol. The molecule has 0 radical (unpaired) electrons. The molecule has 0 saturated heterocycles. The van der Waals surface area contributed by atoms with Crippen LogP contribution in [0.1, 0.15) is 39.0 Å². The molecule has 3 nitrogen and oxygen atoms in total. The Morgan fingerprint density at radius 3 is 2.79 bits per heavy atom. The van der Waals surface area contributed by atoms with E-state index in [-0.39, 0.29) is 11.9 Å². The van der Waals surface area contributed by atoms with Gasteiger partial charge in [-0.1, -0.05) is 6.42 Å². The maximum atomic E-state index is 11.8. The number of aliphatic hydroxyl groups is 1. The summed E-state index contributed by atoms with van der Waals surface area (Å²) < 4.78 is 4.85. The molecular formula is C11H18O3. The molecule has 2 fully saturated rings. The summed E-state index contributed by atoms with van der Waals surface area (Å²) in [5.74, 6) is 0.0695. The standard InChI is InChI=1S/C11H18O3/c1-10(13)8-4-3-6-11(10,7-5-8)9(12)14-2/h8,13H,3-7H2,1-2H3/t8-,10-,11-/m1/s1. The van der Waals surface area contributed by atoms with Crippen molar-refractivity contribution in [2.24, 2.45) is 11.3 Å². The molecule has 3 heteroatoms. The molecule has 0 aromatic carbocycles. The summed E-state index contributed by atoms with van der Waals surface area (Å²) in [6, 6.07) is 0. The van der Waals surface area contributed by atoms with Gasteiger partial charge in [0.1, 0.15) is 0 Å². The van der Waals surface area contributed by atoms with Crippen LogP contribution in [0.15, 0.2) is 0 Å². The molecule has 0 heterocycles. The Morgan fingerprint density at radius 1 is 1.43 bits per heavy atom. The van der Waals surface area contributed by atoms with Gasteiger partial charge in [-0.15, -0.1) is 0 Å². The third-order valence-electron chi connectivity index (χ3n) is 4.42. The fraction of sp³-hybridized carbons (Fsp3) is 0.909. The second-order valence-corrected chi connectivity index (χ2v) is 4.85. The molecule has 1 N–H and O–H groups in total. The van der Waals surface area contributed by atoms with Crippen molar-refractivity contribution >= 4 is 5.97 Å². The third-order valence-corrected chi connectivity index (χ3v) is 4.42. The number of fused-ring (bicyclic) bond motifs is 2. The van der Waals surface area contributed by atoms with Crippen LogP contribution in [0, 0.1) is 11.3 Å². The second-order valence-electron chi connectivity index (χ2n) is 4.85. The van der Waals surface area contributed by atoms with E-state index in [1.54, 1.807) is 6.92 Å². The monoisotopic (exact) mass is 198 g/mol. The molecule has 0 spiro atoms. The minimum atomic E-state index is -0.849. The largest absolute Gasteiger partial charge is 0.469 e. The number of methoxy groups -OCH3 is 1. The van der Waals surface area contributed by atoms with Gasteiger partial charge in [0.2, 0.25) is 0 Å². The summed E-state index contributed by atoms with van der Waals surface area (Å²) >= 11 is 0. The maximum absolute atomic E-state index is 11.8. The van der Waals surface area contributed by atoms with Crippen LogP contribution in [0.5, 0.6) is 0 Å². The van der Waals surface area contributed by atoms with Crippen molar-refractivity contribution in [2.75, 3.05) is 7.11 Å². The van der Waals surface area contributed by atoms with Crippen molar-refractivity contribution in [3.63, 3.8) is 0 Å². The summed E-state index contributed by atoms with van der Waals surface area (Å²) in [7, 11) is 1.41. The Bertz CT molecular complexity index is 255. The number of hydrogen-bond donors (Lipinski definition) is 1. The first-order valence-corrected chi connectivity index (χ1v) is 5.35. The van der Waals surface area contributed by atoms with Crippen molar-refractivity contribution in [2.45, 2.75) is 44.6 Å². The predicted molar refractivity (Wildman–Crippen MR) is 51.6 cm³/mol. The predicted octanol–water partition coefficient (Wildman–Crippen LogP) is 1.49. The Morgan fingerprint density at radius 2 is 2.14 bits per heavy atom. The van der Waals surface area contributed by atoms with Gasteiger partial charge in [-0.3, -0.25) is 4.79 Å². The minimum absolute atomic E-state index is 0.218. The topological polar surface area (TPSA) is 46.5 Å². The van der Waals surface area contributed by atoms with Gasteiger partial charge in [-0.25, -0.2) is 0 Å². The van der Waals surface area contributed by atoms with Gasteiger partial charge in [-0.2, -0.15) is 0 Å². The molecule has 3 atom stereocenters. The lowest BCUT2D eigenvalue weighted by molar-refractivity contribution is -0.176. The molecule has 0 aromatic heterocycles. The fourth-order valence-corrected chi connectivity index (χ4v) is 3.41. The molecule has 80 valence electrons. The normalized spacial score (nSPS) is 46.4. The molecule has 0 aliphatic heterocycles. The lowest BCUT2D eigenvalue weighted by Gasteiger charge is -2.44. The summed E-state index contributed by atoms with van der Waals surface area (Å²) in [6.07, 6.45) is 4.62. The van der Waals surface area contributed by atoms with Crippen molar-refractivity contribution < 1.29 is 14.6 Å². The van der Waals surface area contributed by atoms with E-state index in [1.807, 2.05) is 0 Å².